The van der Waals surface area contributed by atoms with Crippen molar-refractivity contribution in [3.8, 4) is 11.1 Å². The molecule has 190 valence electrons. The highest BCUT2D eigenvalue weighted by molar-refractivity contribution is 9.10. The number of pyridine rings is 1. The molecule has 0 unspecified atom stereocenters. The van der Waals surface area contributed by atoms with Gasteiger partial charge in [0.25, 0.3) is 0 Å². The largest absolute Gasteiger partial charge is 0.265 e. The molecular weight excluding hydrogens is 578 g/mol. The summed E-state index contributed by atoms with van der Waals surface area (Å²) in [4.78, 5) is 2.68. The lowest BCUT2D eigenvalue weighted by Gasteiger charge is -2.14. The average Bonchev–Trinajstić information content (AvgIpc) is 2.76. The molecule has 0 spiro atoms. The molecule has 0 aliphatic rings. The zero-order chi connectivity index (χ0) is 26.7. The van der Waals surface area contributed by atoms with Crippen LogP contribution in [0.4, 0.5) is 17.6 Å². The van der Waals surface area contributed by atoms with Gasteiger partial charge in [-0.05, 0) is 45.8 Å². The zero-order valence-electron chi connectivity index (χ0n) is 18.8. The first-order valence-corrected chi connectivity index (χ1v) is 13.2. The lowest BCUT2D eigenvalue weighted by atomic mass is 10.1. The van der Waals surface area contributed by atoms with Crippen molar-refractivity contribution in [1.82, 2.24) is 13.6 Å². The highest BCUT2D eigenvalue weighted by atomic mass is 79.9. The second kappa shape index (κ2) is 11.1. The third-order valence-electron chi connectivity index (χ3n) is 4.50. The van der Waals surface area contributed by atoms with Gasteiger partial charge < -0.3 is 0 Å². The molecule has 0 bridgehead atoms. The Bertz CT molecular complexity index is 1440. The van der Waals surface area contributed by atoms with E-state index in [2.05, 4.69) is 20.9 Å². The Balaban J connectivity index is 0.000000258. The number of nitrogens with zero attached hydrogens (tertiary/aromatic N) is 3. The maximum Gasteiger partial charge on any atom is 0.245 e. The SMILES string of the molecule is CN(C)S(=O)(=O)c1cc(-c2ccncc2)c(F)cc1F.CN(C)S(=O)(=O)c1cc(Br)c(F)cc1F. The molecule has 0 radical (unpaired) electrons. The second-order valence-corrected chi connectivity index (χ2v) is 12.4. The van der Waals surface area contributed by atoms with E-state index in [1.54, 1.807) is 0 Å². The molecule has 14 heteroatoms. The molecule has 1 aromatic heterocycles. The molecule has 0 saturated carbocycles. The Morgan fingerprint density at radius 3 is 1.57 bits per heavy atom. The predicted molar refractivity (Wildman–Crippen MR) is 125 cm³/mol. The third kappa shape index (κ3) is 6.44. The number of aromatic nitrogens is 1. The maximum absolute atomic E-state index is 13.8. The minimum atomic E-state index is -3.98. The van der Waals surface area contributed by atoms with Gasteiger partial charge in [-0.3, -0.25) is 4.98 Å². The average molecular weight is 598 g/mol. The first-order valence-electron chi connectivity index (χ1n) is 9.49. The van der Waals surface area contributed by atoms with Crippen molar-refractivity contribution in [3.63, 3.8) is 0 Å². The fraction of sp³-hybridized carbons (Fsp3) is 0.190. The van der Waals surface area contributed by atoms with Crippen LogP contribution >= 0.6 is 15.9 Å². The Kier molecular flexibility index (Phi) is 9.16. The molecule has 35 heavy (non-hydrogen) atoms. The molecule has 1 heterocycles. The van der Waals surface area contributed by atoms with Crippen molar-refractivity contribution in [2.75, 3.05) is 28.2 Å². The summed E-state index contributed by atoms with van der Waals surface area (Å²) in [5.41, 5.74) is 0.432. The molecule has 0 amide bonds. The van der Waals surface area contributed by atoms with E-state index >= 15 is 0 Å². The van der Waals surface area contributed by atoms with Crippen LogP contribution in [-0.4, -0.2) is 58.6 Å². The molecular formula is C21H20BrF4N3O4S2. The number of hydrogen-bond acceptors (Lipinski definition) is 5. The summed E-state index contributed by atoms with van der Waals surface area (Å²) in [6.07, 6.45) is 2.89. The van der Waals surface area contributed by atoms with Gasteiger partial charge in [0, 0.05) is 58.3 Å². The van der Waals surface area contributed by atoms with Gasteiger partial charge >= 0.3 is 0 Å². The van der Waals surface area contributed by atoms with Crippen LogP contribution in [0, 0.1) is 23.3 Å². The van der Waals surface area contributed by atoms with Crippen LogP contribution in [0.5, 0.6) is 0 Å². The van der Waals surface area contributed by atoms with Crippen LogP contribution in [0.3, 0.4) is 0 Å². The zero-order valence-corrected chi connectivity index (χ0v) is 22.0. The second-order valence-electron chi connectivity index (χ2n) is 7.27. The quantitative estimate of drug-likeness (QED) is 0.324. The van der Waals surface area contributed by atoms with Crippen LogP contribution in [0.25, 0.3) is 11.1 Å². The lowest BCUT2D eigenvalue weighted by molar-refractivity contribution is 0.502. The van der Waals surface area contributed by atoms with E-state index in [1.165, 1.54) is 52.7 Å². The number of hydrogen-bond donors (Lipinski definition) is 0. The van der Waals surface area contributed by atoms with E-state index in [-0.39, 0.29) is 10.0 Å². The Hall–Kier alpha value is -2.39. The smallest absolute Gasteiger partial charge is 0.245 e. The van der Waals surface area contributed by atoms with E-state index in [0.717, 1.165) is 20.7 Å². The molecule has 0 fully saturated rings. The molecule has 3 rings (SSSR count). The van der Waals surface area contributed by atoms with Crippen molar-refractivity contribution in [2.45, 2.75) is 9.79 Å². The fourth-order valence-electron chi connectivity index (χ4n) is 2.57. The fourth-order valence-corrected chi connectivity index (χ4v) is 5.00. The van der Waals surface area contributed by atoms with E-state index in [1.807, 2.05) is 0 Å². The monoisotopic (exact) mass is 597 g/mol. The number of sulfonamides is 2. The minimum absolute atomic E-state index is 0.00854. The first-order chi connectivity index (χ1) is 16.1. The molecule has 0 aliphatic carbocycles. The summed E-state index contributed by atoms with van der Waals surface area (Å²) in [6, 6.07) is 6.03. The highest BCUT2D eigenvalue weighted by Crippen LogP contribution is 2.28. The molecule has 2 aromatic carbocycles. The van der Waals surface area contributed by atoms with Gasteiger partial charge in [0.1, 0.15) is 33.1 Å². The van der Waals surface area contributed by atoms with Crippen molar-refractivity contribution in [3.05, 3.63) is 76.5 Å². The first kappa shape index (κ1) is 28.8. The Morgan fingerprint density at radius 1 is 0.686 bits per heavy atom. The molecule has 0 N–H and O–H groups in total. The molecule has 0 atom stereocenters. The summed E-state index contributed by atoms with van der Waals surface area (Å²) in [5.74, 6) is -3.89. The molecule has 3 aromatic rings. The predicted octanol–water partition coefficient (Wildman–Crippen LogP) is 4.25. The van der Waals surface area contributed by atoms with E-state index in [0.29, 0.717) is 17.7 Å². The summed E-state index contributed by atoms with van der Waals surface area (Å²) in [6.45, 7) is 0. The standard InChI is InChI=1S/C13H12F2N2O2S.C8H8BrF2NO2S/c1-17(2)20(18,19)13-7-10(11(14)8-12(13)15)9-3-5-16-6-4-9;1-12(2)15(13,14)8-3-5(9)6(10)4-7(8)11/h3-8H,1-2H3;3-4H,1-2H3. The number of halogens is 5. The van der Waals surface area contributed by atoms with Gasteiger partial charge in [-0.25, -0.2) is 43.0 Å². The van der Waals surface area contributed by atoms with E-state index in [9.17, 15) is 34.4 Å². The van der Waals surface area contributed by atoms with Crippen molar-refractivity contribution in [1.29, 1.82) is 0 Å². The number of benzene rings is 2. The topological polar surface area (TPSA) is 87.7 Å². The van der Waals surface area contributed by atoms with Gasteiger partial charge in [0.05, 0.1) is 4.47 Å². The van der Waals surface area contributed by atoms with Crippen LogP contribution in [0.2, 0.25) is 0 Å². The van der Waals surface area contributed by atoms with E-state index in [4.69, 9.17) is 0 Å². The van der Waals surface area contributed by atoms with Crippen molar-refractivity contribution in [2.24, 2.45) is 0 Å². The third-order valence-corrected chi connectivity index (χ3v) is 8.77. The van der Waals surface area contributed by atoms with E-state index < -0.39 is 53.1 Å². The lowest BCUT2D eigenvalue weighted by Crippen LogP contribution is -2.23. The van der Waals surface area contributed by atoms with Crippen LogP contribution in [0.1, 0.15) is 0 Å². The molecule has 0 aliphatic heterocycles. The summed E-state index contributed by atoms with van der Waals surface area (Å²) in [7, 11) is -2.76. The van der Waals surface area contributed by atoms with Gasteiger partial charge in [0.15, 0.2) is 0 Å². The Morgan fingerprint density at radius 2 is 1.11 bits per heavy atom. The van der Waals surface area contributed by atoms with Gasteiger partial charge in [0.2, 0.25) is 20.0 Å². The highest BCUT2D eigenvalue weighted by Gasteiger charge is 2.25. The van der Waals surface area contributed by atoms with Gasteiger partial charge in [-0.1, -0.05) is 0 Å². The van der Waals surface area contributed by atoms with Crippen LogP contribution < -0.4 is 0 Å². The normalized spacial score (nSPS) is 12.0. The van der Waals surface area contributed by atoms with Crippen LogP contribution in [0.15, 0.2) is 63.1 Å². The summed E-state index contributed by atoms with van der Waals surface area (Å²) >= 11 is 2.80. The molecule has 7 nitrogen and oxygen atoms in total. The minimum Gasteiger partial charge on any atom is -0.265 e. The van der Waals surface area contributed by atoms with Gasteiger partial charge in [-0.2, -0.15) is 0 Å². The summed E-state index contributed by atoms with van der Waals surface area (Å²) in [5, 5.41) is 0. The van der Waals surface area contributed by atoms with Crippen molar-refractivity contribution < 1.29 is 34.4 Å². The van der Waals surface area contributed by atoms with Crippen LogP contribution in [-0.2, 0) is 20.0 Å². The van der Waals surface area contributed by atoms with Crippen molar-refractivity contribution >= 4 is 36.0 Å². The number of rotatable bonds is 5. The maximum atomic E-state index is 13.8. The Labute approximate surface area is 209 Å². The van der Waals surface area contributed by atoms with Gasteiger partial charge in [-0.15, -0.1) is 0 Å². The summed E-state index contributed by atoms with van der Waals surface area (Å²) < 4.78 is 102. The molecule has 0 saturated heterocycles.